The van der Waals surface area contributed by atoms with Gasteiger partial charge in [-0.1, -0.05) is 42.5 Å². The molecule has 1 N–H and O–H groups in total. The number of halogens is 1. The highest BCUT2D eigenvalue weighted by atomic mass is 19.1. The molecule has 0 aliphatic carbocycles. The molecule has 0 bridgehead atoms. The van der Waals surface area contributed by atoms with Gasteiger partial charge in [0.2, 0.25) is 0 Å². The first-order chi connectivity index (χ1) is 15.6. The highest BCUT2D eigenvalue weighted by Gasteiger charge is 2.19. The molecule has 0 aliphatic rings. The summed E-state index contributed by atoms with van der Waals surface area (Å²) in [6.07, 6.45) is 1.46. The maximum absolute atomic E-state index is 13.0. The standard InChI is InChI=1S/C25H22FN3O3/c1-2-31-24-14-19(10-13-23(24)32-17-18-8-11-21(26)12-9-18)16-28-29-25(30)22(15-27)20-6-4-3-5-7-20/h3-14,16,22H,2,17H2,1H3,(H,29,30)/b28-16-/t22-/m1/s1. The van der Waals surface area contributed by atoms with Gasteiger partial charge in [-0.15, -0.1) is 0 Å². The molecule has 1 atom stereocenters. The summed E-state index contributed by atoms with van der Waals surface area (Å²) in [4.78, 5) is 12.3. The third-order valence-electron chi connectivity index (χ3n) is 4.49. The molecule has 0 saturated carbocycles. The van der Waals surface area contributed by atoms with Gasteiger partial charge < -0.3 is 9.47 Å². The van der Waals surface area contributed by atoms with Crippen molar-refractivity contribution in [2.75, 3.05) is 6.61 Å². The van der Waals surface area contributed by atoms with Crippen molar-refractivity contribution >= 4 is 12.1 Å². The lowest BCUT2D eigenvalue weighted by molar-refractivity contribution is -0.121. The number of amides is 1. The summed E-state index contributed by atoms with van der Waals surface area (Å²) in [6, 6.07) is 22.1. The number of nitriles is 1. The lowest BCUT2D eigenvalue weighted by Crippen LogP contribution is -2.24. The van der Waals surface area contributed by atoms with Crippen molar-refractivity contribution in [1.82, 2.24) is 5.43 Å². The monoisotopic (exact) mass is 431 g/mol. The maximum atomic E-state index is 13.0. The summed E-state index contributed by atoms with van der Waals surface area (Å²) < 4.78 is 24.5. The molecule has 0 unspecified atom stereocenters. The van der Waals surface area contributed by atoms with Gasteiger partial charge in [0, 0.05) is 0 Å². The van der Waals surface area contributed by atoms with Crippen LogP contribution in [0.1, 0.15) is 29.5 Å². The summed E-state index contributed by atoms with van der Waals surface area (Å²) in [5.41, 5.74) is 4.51. The number of ether oxygens (including phenoxy) is 2. The largest absolute Gasteiger partial charge is 0.490 e. The summed E-state index contributed by atoms with van der Waals surface area (Å²) in [7, 11) is 0. The SMILES string of the molecule is CCOc1cc(/C=N\NC(=O)[C@H](C#N)c2ccccc2)ccc1OCc1ccc(F)cc1. The van der Waals surface area contributed by atoms with E-state index in [9.17, 15) is 14.4 Å². The minimum atomic E-state index is -0.949. The van der Waals surface area contributed by atoms with Crippen LogP contribution in [0.15, 0.2) is 77.9 Å². The molecule has 1 amide bonds. The fourth-order valence-corrected chi connectivity index (χ4v) is 2.90. The molecule has 0 saturated heterocycles. The number of hydrogen-bond donors (Lipinski definition) is 1. The first kappa shape index (κ1) is 22.5. The summed E-state index contributed by atoms with van der Waals surface area (Å²) >= 11 is 0. The van der Waals surface area contributed by atoms with Crippen LogP contribution in [-0.2, 0) is 11.4 Å². The van der Waals surface area contributed by atoms with Crippen molar-refractivity contribution in [3.63, 3.8) is 0 Å². The Morgan fingerprint density at radius 1 is 1.09 bits per heavy atom. The molecule has 3 aromatic rings. The van der Waals surface area contributed by atoms with Crippen LogP contribution >= 0.6 is 0 Å². The van der Waals surface area contributed by atoms with Gasteiger partial charge in [0.15, 0.2) is 17.4 Å². The van der Waals surface area contributed by atoms with E-state index in [0.717, 1.165) is 5.56 Å². The predicted octanol–water partition coefficient (Wildman–Crippen LogP) is 4.56. The van der Waals surface area contributed by atoms with Gasteiger partial charge in [-0.05, 0) is 53.9 Å². The number of carbonyl (C=O) groups excluding carboxylic acids is 1. The zero-order valence-electron chi connectivity index (χ0n) is 17.5. The molecule has 32 heavy (non-hydrogen) atoms. The molecule has 0 aliphatic heterocycles. The molecule has 6 nitrogen and oxygen atoms in total. The minimum Gasteiger partial charge on any atom is -0.490 e. The zero-order chi connectivity index (χ0) is 22.8. The Hall–Kier alpha value is -4.18. The molecule has 0 radical (unpaired) electrons. The number of hydrazone groups is 1. The van der Waals surface area contributed by atoms with E-state index in [2.05, 4.69) is 10.5 Å². The number of nitrogens with zero attached hydrogens (tertiary/aromatic N) is 2. The molecule has 7 heteroatoms. The first-order valence-electron chi connectivity index (χ1n) is 10.0. The van der Waals surface area contributed by atoms with Crippen molar-refractivity contribution in [1.29, 1.82) is 5.26 Å². The van der Waals surface area contributed by atoms with E-state index in [1.54, 1.807) is 54.6 Å². The molecule has 3 rings (SSSR count). The fourth-order valence-electron chi connectivity index (χ4n) is 2.90. The topological polar surface area (TPSA) is 83.7 Å². The Morgan fingerprint density at radius 3 is 2.53 bits per heavy atom. The minimum absolute atomic E-state index is 0.263. The van der Waals surface area contributed by atoms with Gasteiger partial charge in [-0.3, -0.25) is 4.79 Å². The first-order valence-corrected chi connectivity index (χ1v) is 10.0. The van der Waals surface area contributed by atoms with Crippen LogP contribution in [0, 0.1) is 17.1 Å². The Morgan fingerprint density at radius 2 is 1.84 bits per heavy atom. The number of rotatable bonds is 9. The van der Waals surface area contributed by atoms with E-state index in [1.807, 2.05) is 19.1 Å². The molecular weight excluding hydrogens is 409 g/mol. The van der Waals surface area contributed by atoms with E-state index in [0.29, 0.717) is 29.2 Å². The van der Waals surface area contributed by atoms with Crippen molar-refractivity contribution in [2.24, 2.45) is 5.10 Å². The van der Waals surface area contributed by atoms with Gasteiger partial charge >= 0.3 is 0 Å². The summed E-state index contributed by atoms with van der Waals surface area (Å²) in [5.74, 6) is -0.715. The second-order valence-corrected chi connectivity index (χ2v) is 6.76. The van der Waals surface area contributed by atoms with Crippen molar-refractivity contribution in [2.45, 2.75) is 19.4 Å². The van der Waals surface area contributed by atoms with Crippen LogP contribution in [0.5, 0.6) is 11.5 Å². The quantitative estimate of drug-likeness (QED) is 0.398. The van der Waals surface area contributed by atoms with Gasteiger partial charge in [0.25, 0.3) is 5.91 Å². The van der Waals surface area contributed by atoms with E-state index < -0.39 is 11.8 Å². The van der Waals surface area contributed by atoms with E-state index in [1.165, 1.54) is 18.3 Å². The zero-order valence-corrected chi connectivity index (χ0v) is 17.5. The van der Waals surface area contributed by atoms with Crippen molar-refractivity contribution < 1.29 is 18.7 Å². The van der Waals surface area contributed by atoms with Crippen molar-refractivity contribution in [3.05, 3.63) is 95.3 Å². The smallest absolute Gasteiger partial charge is 0.261 e. The molecule has 0 heterocycles. The Labute approximate surface area is 185 Å². The fraction of sp³-hybridized carbons (Fsp3) is 0.160. The lowest BCUT2D eigenvalue weighted by Gasteiger charge is -2.12. The van der Waals surface area contributed by atoms with Gasteiger partial charge in [-0.2, -0.15) is 10.4 Å². The molecule has 162 valence electrons. The Balaban J connectivity index is 1.65. The van der Waals surface area contributed by atoms with Crippen LogP contribution < -0.4 is 14.9 Å². The molecule has 0 fully saturated rings. The van der Waals surface area contributed by atoms with Crippen LogP contribution in [0.3, 0.4) is 0 Å². The molecule has 0 aromatic heterocycles. The number of nitrogens with one attached hydrogen (secondary N) is 1. The third kappa shape index (κ3) is 6.16. The van der Waals surface area contributed by atoms with Gasteiger partial charge in [0.05, 0.1) is 18.9 Å². The predicted molar refractivity (Wildman–Crippen MR) is 119 cm³/mol. The lowest BCUT2D eigenvalue weighted by atomic mass is 10.0. The van der Waals surface area contributed by atoms with E-state index in [4.69, 9.17) is 9.47 Å². The van der Waals surface area contributed by atoms with Crippen molar-refractivity contribution in [3.8, 4) is 17.6 Å². The second-order valence-electron chi connectivity index (χ2n) is 6.76. The molecular formula is C25H22FN3O3. The maximum Gasteiger partial charge on any atom is 0.261 e. The summed E-state index contributed by atoms with van der Waals surface area (Å²) in [5, 5.41) is 13.3. The van der Waals surface area contributed by atoms with Gasteiger partial charge in [-0.25, -0.2) is 9.82 Å². The Kier molecular flexibility index (Phi) is 7.93. The van der Waals surface area contributed by atoms with Crippen LogP contribution in [-0.4, -0.2) is 18.7 Å². The van der Waals surface area contributed by atoms with Crippen LogP contribution in [0.2, 0.25) is 0 Å². The van der Waals surface area contributed by atoms with E-state index in [-0.39, 0.29) is 12.4 Å². The highest BCUT2D eigenvalue weighted by Crippen LogP contribution is 2.29. The summed E-state index contributed by atoms with van der Waals surface area (Å²) in [6.45, 7) is 2.56. The number of benzene rings is 3. The molecule has 3 aromatic carbocycles. The average Bonchev–Trinajstić information content (AvgIpc) is 2.81. The second kappa shape index (κ2) is 11.3. The normalized spacial score (nSPS) is 11.5. The number of hydrogen-bond acceptors (Lipinski definition) is 5. The van der Waals surface area contributed by atoms with Crippen LogP contribution in [0.4, 0.5) is 4.39 Å². The third-order valence-corrected chi connectivity index (χ3v) is 4.49. The van der Waals surface area contributed by atoms with Crippen LogP contribution in [0.25, 0.3) is 0 Å². The molecule has 0 spiro atoms. The van der Waals surface area contributed by atoms with Gasteiger partial charge in [0.1, 0.15) is 12.4 Å². The Bertz CT molecular complexity index is 1110. The number of carbonyl (C=O) groups is 1. The highest BCUT2D eigenvalue weighted by molar-refractivity contribution is 5.88. The average molecular weight is 431 g/mol. The van der Waals surface area contributed by atoms with E-state index >= 15 is 0 Å².